The van der Waals surface area contributed by atoms with E-state index in [0.717, 1.165) is 5.69 Å². The maximum Gasteiger partial charge on any atom is 0.321 e. The molecule has 1 aliphatic rings. The molecule has 0 aromatic heterocycles. The Morgan fingerprint density at radius 2 is 1.87 bits per heavy atom. The van der Waals surface area contributed by atoms with Crippen LogP contribution in [0.2, 0.25) is 0 Å². The van der Waals surface area contributed by atoms with Crippen LogP contribution in [0.15, 0.2) is 30.3 Å². The normalized spacial score (nSPS) is 16.7. The highest BCUT2D eigenvalue weighted by molar-refractivity contribution is 5.89. The Morgan fingerprint density at radius 3 is 2.48 bits per heavy atom. The second-order valence-electron chi connectivity index (χ2n) is 5.99. The van der Waals surface area contributed by atoms with Crippen LogP contribution in [0.1, 0.15) is 19.8 Å². The van der Waals surface area contributed by atoms with E-state index in [-0.39, 0.29) is 23.9 Å². The third kappa shape index (κ3) is 5.25. The summed E-state index contributed by atoms with van der Waals surface area (Å²) >= 11 is 0. The van der Waals surface area contributed by atoms with Crippen molar-refractivity contribution < 1.29 is 9.59 Å². The van der Waals surface area contributed by atoms with Crippen molar-refractivity contribution in [3.8, 4) is 0 Å². The summed E-state index contributed by atoms with van der Waals surface area (Å²) in [5, 5.41) is 8.94. The standard InChI is InChI=1S/C17H26N4O2/c1-13(18-2)12-19-16(22)14-8-10-21(11-9-14)17(23)20-15-6-4-3-5-7-15/h3-7,13-14,18H,8-12H2,1-2H3,(H,19,22)(H,20,23). The van der Waals surface area contributed by atoms with Crippen molar-refractivity contribution in [2.24, 2.45) is 5.92 Å². The van der Waals surface area contributed by atoms with Crippen LogP contribution in [-0.2, 0) is 4.79 Å². The Bertz CT molecular complexity index is 513. The molecule has 0 saturated carbocycles. The van der Waals surface area contributed by atoms with Gasteiger partial charge in [0.2, 0.25) is 5.91 Å². The number of urea groups is 1. The van der Waals surface area contributed by atoms with Crippen LogP contribution >= 0.6 is 0 Å². The first kappa shape index (κ1) is 17.3. The number of rotatable bonds is 5. The zero-order chi connectivity index (χ0) is 16.7. The van der Waals surface area contributed by atoms with Gasteiger partial charge < -0.3 is 20.9 Å². The summed E-state index contributed by atoms with van der Waals surface area (Å²) in [6, 6.07) is 9.57. The molecule has 1 fully saturated rings. The van der Waals surface area contributed by atoms with Crippen LogP contribution in [0.4, 0.5) is 10.5 Å². The molecule has 1 heterocycles. The van der Waals surface area contributed by atoms with Crippen LogP contribution in [-0.4, -0.2) is 49.6 Å². The van der Waals surface area contributed by atoms with Crippen LogP contribution < -0.4 is 16.0 Å². The second kappa shape index (κ2) is 8.53. The first-order valence-corrected chi connectivity index (χ1v) is 8.16. The van der Waals surface area contributed by atoms with Gasteiger partial charge in [-0.2, -0.15) is 0 Å². The first-order valence-electron chi connectivity index (χ1n) is 8.16. The molecule has 6 nitrogen and oxygen atoms in total. The molecule has 3 amide bonds. The number of amides is 3. The van der Waals surface area contributed by atoms with Crippen LogP contribution in [0, 0.1) is 5.92 Å². The molecule has 1 saturated heterocycles. The van der Waals surface area contributed by atoms with E-state index in [0.29, 0.717) is 32.5 Å². The van der Waals surface area contributed by atoms with Gasteiger partial charge in [-0.3, -0.25) is 4.79 Å². The quantitative estimate of drug-likeness (QED) is 0.773. The van der Waals surface area contributed by atoms with E-state index in [4.69, 9.17) is 0 Å². The average Bonchev–Trinajstić information content (AvgIpc) is 2.60. The summed E-state index contributed by atoms with van der Waals surface area (Å²) < 4.78 is 0. The number of carbonyl (C=O) groups is 2. The molecule has 1 atom stereocenters. The molecule has 0 bridgehead atoms. The van der Waals surface area contributed by atoms with E-state index in [1.165, 1.54) is 0 Å². The molecule has 0 spiro atoms. The Kier molecular flexibility index (Phi) is 6.40. The van der Waals surface area contributed by atoms with E-state index in [2.05, 4.69) is 16.0 Å². The van der Waals surface area contributed by atoms with Crippen LogP contribution in [0.3, 0.4) is 0 Å². The lowest BCUT2D eigenvalue weighted by molar-refractivity contribution is -0.126. The van der Waals surface area contributed by atoms with Crippen LogP contribution in [0.25, 0.3) is 0 Å². The molecule has 1 aliphatic heterocycles. The Morgan fingerprint density at radius 1 is 1.22 bits per heavy atom. The van der Waals surface area contributed by atoms with Crippen molar-refractivity contribution in [1.82, 2.24) is 15.5 Å². The lowest BCUT2D eigenvalue weighted by Crippen LogP contribution is -2.46. The summed E-state index contributed by atoms with van der Waals surface area (Å²) in [5.41, 5.74) is 0.790. The summed E-state index contributed by atoms with van der Waals surface area (Å²) in [4.78, 5) is 26.1. The summed E-state index contributed by atoms with van der Waals surface area (Å²) in [5.74, 6) is 0.0926. The molecule has 1 aromatic rings. The Labute approximate surface area is 137 Å². The highest BCUT2D eigenvalue weighted by Crippen LogP contribution is 2.18. The van der Waals surface area contributed by atoms with Gasteiger partial charge in [0.05, 0.1) is 0 Å². The fourth-order valence-electron chi connectivity index (χ4n) is 2.57. The highest BCUT2D eigenvalue weighted by atomic mass is 16.2. The number of likely N-dealkylation sites (N-methyl/N-ethyl adjacent to an activating group) is 1. The molecule has 1 aromatic carbocycles. The SMILES string of the molecule is CNC(C)CNC(=O)C1CCN(C(=O)Nc2ccccc2)CC1. The number of likely N-dealkylation sites (tertiary alicyclic amines) is 1. The zero-order valence-corrected chi connectivity index (χ0v) is 13.8. The fraction of sp³-hybridized carbons (Fsp3) is 0.529. The maximum absolute atomic E-state index is 12.2. The molecular weight excluding hydrogens is 292 g/mol. The molecule has 0 aliphatic carbocycles. The molecule has 6 heteroatoms. The maximum atomic E-state index is 12.2. The van der Waals surface area contributed by atoms with E-state index < -0.39 is 0 Å². The number of hydrogen-bond acceptors (Lipinski definition) is 3. The molecule has 1 unspecified atom stereocenters. The third-order valence-corrected chi connectivity index (χ3v) is 4.25. The number of nitrogens with zero attached hydrogens (tertiary/aromatic N) is 1. The van der Waals surface area contributed by atoms with Gasteiger partial charge in [0.25, 0.3) is 0 Å². The van der Waals surface area contributed by atoms with Gasteiger partial charge >= 0.3 is 6.03 Å². The van der Waals surface area contributed by atoms with Crippen molar-refractivity contribution in [2.75, 3.05) is 32.0 Å². The van der Waals surface area contributed by atoms with Crippen molar-refractivity contribution in [1.29, 1.82) is 0 Å². The summed E-state index contributed by atoms with van der Waals surface area (Å²) in [6.07, 6.45) is 1.42. The van der Waals surface area contributed by atoms with Crippen molar-refractivity contribution in [2.45, 2.75) is 25.8 Å². The fourth-order valence-corrected chi connectivity index (χ4v) is 2.57. The van der Waals surface area contributed by atoms with Crippen molar-refractivity contribution in [3.05, 3.63) is 30.3 Å². The van der Waals surface area contributed by atoms with Gasteiger partial charge in [-0.05, 0) is 38.9 Å². The molecule has 2 rings (SSSR count). The van der Waals surface area contributed by atoms with E-state index in [9.17, 15) is 9.59 Å². The number of benzene rings is 1. The molecule has 23 heavy (non-hydrogen) atoms. The highest BCUT2D eigenvalue weighted by Gasteiger charge is 2.27. The summed E-state index contributed by atoms with van der Waals surface area (Å²) in [6.45, 7) is 3.87. The summed E-state index contributed by atoms with van der Waals surface area (Å²) in [7, 11) is 1.88. The molecule has 0 radical (unpaired) electrons. The minimum absolute atomic E-state index is 0.000156. The van der Waals surface area contributed by atoms with Crippen molar-refractivity contribution >= 4 is 17.6 Å². The second-order valence-corrected chi connectivity index (χ2v) is 5.99. The lowest BCUT2D eigenvalue weighted by Gasteiger charge is -2.31. The Balaban J connectivity index is 1.75. The van der Waals surface area contributed by atoms with Gasteiger partial charge in [0.1, 0.15) is 0 Å². The molecule has 3 N–H and O–H groups in total. The van der Waals surface area contributed by atoms with E-state index >= 15 is 0 Å². The van der Waals surface area contributed by atoms with Gasteiger partial charge in [-0.25, -0.2) is 4.79 Å². The van der Waals surface area contributed by atoms with Gasteiger partial charge in [-0.1, -0.05) is 18.2 Å². The van der Waals surface area contributed by atoms with Gasteiger partial charge in [0, 0.05) is 37.3 Å². The number of para-hydroxylation sites is 1. The van der Waals surface area contributed by atoms with Crippen LogP contribution in [0.5, 0.6) is 0 Å². The monoisotopic (exact) mass is 318 g/mol. The van der Waals surface area contributed by atoms with Gasteiger partial charge in [0.15, 0.2) is 0 Å². The predicted molar refractivity (Wildman–Crippen MR) is 91.3 cm³/mol. The third-order valence-electron chi connectivity index (χ3n) is 4.25. The smallest absolute Gasteiger partial charge is 0.321 e. The number of hydrogen-bond donors (Lipinski definition) is 3. The molecular formula is C17H26N4O2. The first-order chi connectivity index (χ1) is 11.1. The topological polar surface area (TPSA) is 73.5 Å². The number of piperidine rings is 1. The number of anilines is 1. The minimum Gasteiger partial charge on any atom is -0.354 e. The largest absolute Gasteiger partial charge is 0.354 e. The zero-order valence-electron chi connectivity index (χ0n) is 13.8. The van der Waals surface area contributed by atoms with E-state index in [1.807, 2.05) is 44.3 Å². The average molecular weight is 318 g/mol. The van der Waals surface area contributed by atoms with E-state index in [1.54, 1.807) is 4.90 Å². The van der Waals surface area contributed by atoms with Gasteiger partial charge in [-0.15, -0.1) is 0 Å². The predicted octanol–water partition coefficient (Wildman–Crippen LogP) is 1.65. The minimum atomic E-state index is -0.0983. The lowest BCUT2D eigenvalue weighted by atomic mass is 9.96. The van der Waals surface area contributed by atoms with Crippen molar-refractivity contribution in [3.63, 3.8) is 0 Å². The Hall–Kier alpha value is -2.08. The molecule has 126 valence electrons. The number of nitrogens with one attached hydrogen (secondary N) is 3. The number of carbonyl (C=O) groups excluding carboxylic acids is 2.